The van der Waals surface area contributed by atoms with Crippen molar-refractivity contribution in [2.45, 2.75) is 38.0 Å². The second-order valence-corrected chi connectivity index (χ2v) is 6.83. The van der Waals surface area contributed by atoms with E-state index in [9.17, 15) is 14.0 Å². The Labute approximate surface area is 163 Å². The molecule has 2 amide bonds. The van der Waals surface area contributed by atoms with Gasteiger partial charge in [-0.2, -0.15) is 0 Å². The molecule has 8 nitrogen and oxygen atoms in total. The Morgan fingerprint density at radius 2 is 2.11 bits per heavy atom. The van der Waals surface area contributed by atoms with E-state index in [2.05, 4.69) is 11.9 Å². The minimum atomic E-state index is -2.11. The van der Waals surface area contributed by atoms with Crippen LogP contribution < -0.4 is 5.32 Å². The Hall–Kier alpha value is -2.43. The van der Waals surface area contributed by atoms with E-state index in [1.54, 1.807) is 11.8 Å². The SMILES string of the molecule is C=CC(=O)N1CCCC(C)(OC(=O)N[C@@H](Cc2ccc(F)cc2)OB(O)O)C1. The largest absolute Gasteiger partial charge is 0.635 e. The first-order valence-electron chi connectivity index (χ1n) is 8.88. The molecule has 1 aromatic rings. The number of amides is 2. The van der Waals surface area contributed by atoms with Crippen LogP contribution in [0, 0.1) is 5.82 Å². The number of likely N-dealkylation sites (tertiary alicyclic amines) is 1. The standard InChI is InChI=1S/C18H24BFN2O6/c1-3-16(23)22-10-4-9-18(2,12-22)27-17(24)21-15(28-19(25)26)11-13-5-7-14(20)8-6-13/h3,5-8,15,25-26H,1,4,9-12H2,2H3,(H,21,24)/t15-,18?/m1/s1. The Morgan fingerprint density at radius 3 is 2.71 bits per heavy atom. The Balaban J connectivity index is 1.98. The van der Waals surface area contributed by atoms with Crippen molar-refractivity contribution >= 4 is 19.3 Å². The molecule has 0 aromatic heterocycles. The van der Waals surface area contributed by atoms with Gasteiger partial charge in [-0.25, -0.2) is 9.18 Å². The molecule has 28 heavy (non-hydrogen) atoms. The smallest absolute Gasteiger partial charge is 0.441 e. The van der Waals surface area contributed by atoms with Crippen molar-refractivity contribution < 1.29 is 33.4 Å². The van der Waals surface area contributed by atoms with E-state index in [4.69, 9.17) is 19.4 Å². The summed E-state index contributed by atoms with van der Waals surface area (Å²) in [7, 11) is -2.11. The van der Waals surface area contributed by atoms with Crippen LogP contribution in [0.4, 0.5) is 9.18 Å². The molecule has 2 atom stereocenters. The number of carbonyl (C=O) groups is 2. The molecular formula is C18H24BFN2O6. The van der Waals surface area contributed by atoms with Crippen LogP contribution in [-0.2, 0) is 20.6 Å². The Morgan fingerprint density at radius 1 is 1.43 bits per heavy atom. The van der Waals surface area contributed by atoms with Gasteiger partial charge in [0.2, 0.25) is 5.91 Å². The number of piperidine rings is 1. The molecule has 1 aliphatic heterocycles. The van der Waals surface area contributed by atoms with E-state index < -0.39 is 31.1 Å². The maximum Gasteiger partial charge on any atom is 0.635 e. The number of ether oxygens (including phenoxy) is 1. The van der Waals surface area contributed by atoms with Gasteiger partial charge in [-0.15, -0.1) is 0 Å². The summed E-state index contributed by atoms with van der Waals surface area (Å²) in [5, 5.41) is 20.6. The van der Waals surface area contributed by atoms with Crippen LogP contribution in [0.25, 0.3) is 0 Å². The highest BCUT2D eigenvalue weighted by molar-refractivity contribution is 6.32. The summed E-state index contributed by atoms with van der Waals surface area (Å²) < 4.78 is 23.4. The van der Waals surface area contributed by atoms with Gasteiger partial charge in [0.05, 0.1) is 6.54 Å². The van der Waals surface area contributed by atoms with Gasteiger partial charge in [-0.05, 0) is 43.5 Å². The normalized spacial score (nSPS) is 20.2. The fourth-order valence-electron chi connectivity index (χ4n) is 3.11. The molecule has 1 unspecified atom stereocenters. The van der Waals surface area contributed by atoms with E-state index in [-0.39, 0.29) is 18.9 Å². The summed E-state index contributed by atoms with van der Waals surface area (Å²) in [6.45, 7) is 5.95. The summed E-state index contributed by atoms with van der Waals surface area (Å²) in [5.74, 6) is -0.657. The molecule has 0 aliphatic carbocycles. The number of hydrogen-bond acceptors (Lipinski definition) is 6. The first-order chi connectivity index (χ1) is 13.2. The highest BCUT2D eigenvalue weighted by Gasteiger charge is 2.36. The molecule has 1 heterocycles. The van der Waals surface area contributed by atoms with Gasteiger partial charge in [0.1, 0.15) is 17.6 Å². The average Bonchev–Trinajstić information content (AvgIpc) is 2.61. The molecule has 3 N–H and O–H groups in total. The molecule has 1 aliphatic rings. The molecular weight excluding hydrogens is 370 g/mol. The van der Waals surface area contributed by atoms with Crippen LogP contribution in [0.3, 0.4) is 0 Å². The highest BCUT2D eigenvalue weighted by atomic mass is 19.1. The number of hydrogen-bond donors (Lipinski definition) is 3. The van der Waals surface area contributed by atoms with Crippen LogP contribution >= 0.6 is 0 Å². The van der Waals surface area contributed by atoms with Crippen molar-refractivity contribution in [2.75, 3.05) is 13.1 Å². The van der Waals surface area contributed by atoms with Crippen molar-refractivity contribution in [2.24, 2.45) is 0 Å². The third kappa shape index (κ3) is 6.63. The average molecular weight is 394 g/mol. The first-order valence-corrected chi connectivity index (χ1v) is 8.88. The maximum atomic E-state index is 13.0. The van der Waals surface area contributed by atoms with Crippen LogP contribution in [-0.4, -0.2) is 59.2 Å². The molecule has 0 saturated carbocycles. The Bertz CT molecular complexity index is 702. The van der Waals surface area contributed by atoms with Crippen molar-refractivity contribution in [1.29, 1.82) is 0 Å². The Kier molecular flexibility index (Phi) is 7.56. The topological polar surface area (TPSA) is 108 Å². The fraction of sp³-hybridized carbons (Fsp3) is 0.444. The number of nitrogens with one attached hydrogen (secondary N) is 1. The lowest BCUT2D eigenvalue weighted by Crippen LogP contribution is -2.53. The van der Waals surface area contributed by atoms with Gasteiger partial charge < -0.3 is 24.3 Å². The second kappa shape index (κ2) is 9.67. The maximum absolute atomic E-state index is 13.0. The van der Waals surface area contributed by atoms with Crippen molar-refractivity contribution in [3.63, 3.8) is 0 Å². The number of benzene rings is 1. The zero-order valence-electron chi connectivity index (χ0n) is 15.6. The van der Waals surface area contributed by atoms with Gasteiger partial charge in [-0.3, -0.25) is 10.1 Å². The van der Waals surface area contributed by atoms with E-state index in [0.717, 1.165) is 0 Å². The highest BCUT2D eigenvalue weighted by Crippen LogP contribution is 2.25. The van der Waals surface area contributed by atoms with Crippen LogP contribution in [0.15, 0.2) is 36.9 Å². The second-order valence-electron chi connectivity index (χ2n) is 6.83. The summed E-state index contributed by atoms with van der Waals surface area (Å²) in [5.41, 5.74) is -0.293. The minimum Gasteiger partial charge on any atom is -0.441 e. The summed E-state index contributed by atoms with van der Waals surface area (Å²) in [4.78, 5) is 25.7. The van der Waals surface area contributed by atoms with Crippen molar-refractivity contribution in [1.82, 2.24) is 10.2 Å². The third-order valence-electron chi connectivity index (χ3n) is 4.38. The molecule has 0 bridgehead atoms. The number of nitrogens with zero attached hydrogens (tertiary/aromatic N) is 1. The third-order valence-corrected chi connectivity index (χ3v) is 4.38. The van der Waals surface area contributed by atoms with Crippen LogP contribution in [0.1, 0.15) is 25.3 Å². The molecule has 0 radical (unpaired) electrons. The molecule has 0 spiro atoms. The van der Waals surface area contributed by atoms with Crippen molar-refractivity contribution in [3.05, 3.63) is 48.3 Å². The zero-order chi connectivity index (χ0) is 20.7. The predicted molar refractivity (Wildman–Crippen MR) is 99.2 cm³/mol. The number of carbonyl (C=O) groups excluding carboxylic acids is 2. The van der Waals surface area contributed by atoms with E-state index >= 15 is 0 Å². The molecule has 2 rings (SSSR count). The van der Waals surface area contributed by atoms with E-state index in [1.807, 2.05) is 0 Å². The summed E-state index contributed by atoms with van der Waals surface area (Å²) in [6, 6.07) is 5.47. The van der Waals surface area contributed by atoms with Crippen molar-refractivity contribution in [3.8, 4) is 0 Å². The lowest BCUT2D eigenvalue weighted by Gasteiger charge is -2.39. The number of alkyl carbamates (subject to hydrolysis) is 1. The van der Waals surface area contributed by atoms with Gasteiger partial charge in [0.15, 0.2) is 0 Å². The van der Waals surface area contributed by atoms with Gasteiger partial charge in [-0.1, -0.05) is 18.7 Å². The van der Waals surface area contributed by atoms with Crippen LogP contribution in [0.5, 0.6) is 0 Å². The summed E-state index contributed by atoms with van der Waals surface area (Å²) in [6.07, 6.45) is 0.548. The minimum absolute atomic E-state index is 0.0603. The predicted octanol–water partition coefficient (Wildman–Crippen LogP) is 0.974. The van der Waals surface area contributed by atoms with E-state index in [1.165, 1.54) is 30.3 Å². The number of rotatable bonds is 7. The fourth-order valence-corrected chi connectivity index (χ4v) is 3.11. The van der Waals surface area contributed by atoms with Gasteiger partial charge in [0.25, 0.3) is 0 Å². The number of halogens is 1. The lowest BCUT2D eigenvalue weighted by molar-refractivity contribution is -0.132. The zero-order valence-corrected chi connectivity index (χ0v) is 15.6. The monoisotopic (exact) mass is 394 g/mol. The first kappa shape index (κ1) is 21.9. The van der Waals surface area contributed by atoms with E-state index in [0.29, 0.717) is 24.9 Å². The molecule has 10 heteroatoms. The van der Waals surface area contributed by atoms with Gasteiger partial charge in [0, 0.05) is 13.0 Å². The lowest BCUT2D eigenvalue weighted by atomic mass is 9.94. The van der Waals surface area contributed by atoms with Gasteiger partial charge >= 0.3 is 13.4 Å². The molecule has 152 valence electrons. The molecule has 1 aromatic carbocycles. The molecule has 1 fully saturated rings. The quantitative estimate of drug-likeness (QED) is 0.362. The summed E-state index contributed by atoms with van der Waals surface area (Å²) >= 11 is 0. The van der Waals surface area contributed by atoms with Crippen LogP contribution in [0.2, 0.25) is 0 Å². The molecule has 1 saturated heterocycles.